The minimum atomic E-state index is 0.00664. The SMILES string of the molecule is CC(C#CC[C@H]1C[C@@H]1CCC#N)OP.CC(C#CC[C@H]1C[C@@H]1CCC=O)OP.CC(C#CC[C@H]1C[C@@H]1CCO)OP. The summed E-state index contributed by atoms with van der Waals surface area (Å²) >= 11 is 0. The Kier molecular flexibility index (Phi) is 21.7. The van der Waals surface area contributed by atoms with Crippen molar-refractivity contribution in [2.24, 2.45) is 35.5 Å². The molecule has 228 valence electrons. The third-order valence-electron chi connectivity index (χ3n) is 7.61. The highest BCUT2D eigenvalue weighted by Gasteiger charge is 2.36. The van der Waals surface area contributed by atoms with Crippen molar-refractivity contribution in [3.8, 4) is 41.6 Å². The topological polar surface area (TPSA) is 88.8 Å². The van der Waals surface area contributed by atoms with Crippen molar-refractivity contribution in [3.63, 3.8) is 0 Å². The first-order chi connectivity index (χ1) is 19.8. The van der Waals surface area contributed by atoms with Gasteiger partial charge in [-0.3, -0.25) is 0 Å². The smallest absolute Gasteiger partial charge is 0.120 e. The molecule has 41 heavy (non-hydrogen) atoms. The van der Waals surface area contributed by atoms with E-state index in [2.05, 4.69) is 70.0 Å². The Hall–Kier alpha value is -1.03. The zero-order chi connectivity index (χ0) is 30.5. The van der Waals surface area contributed by atoms with Crippen molar-refractivity contribution in [2.45, 2.75) is 110 Å². The van der Waals surface area contributed by atoms with Crippen LogP contribution >= 0.6 is 28.4 Å². The van der Waals surface area contributed by atoms with Gasteiger partial charge in [-0.15, -0.1) is 17.8 Å². The number of rotatable bonds is 13. The Morgan fingerprint density at radius 2 is 1.12 bits per heavy atom. The summed E-state index contributed by atoms with van der Waals surface area (Å²) in [7, 11) is 6.66. The van der Waals surface area contributed by atoms with Crippen LogP contribution in [0.15, 0.2) is 0 Å². The van der Waals surface area contributed by atoms with Gasteiger partial charge >= 0.3 is 0 Å². The molecule has 0 heterocycles. The van der Waals surface area contributed by atoms with Crippen molar-refractivity contribution in [1.29, 1.82) is 5.26 Å². The summed E-state index contributed by atoms with van der Waals surface area (Å²) in [4.78, 5) is 10.1. The summed E-state index contributed by atoms with van der Waals surface area (Å²) in [5.41, 5.74) is 0. The number of aldehydes is 1. The van der Waals surface area contributed by atoms with E-state index in [0.29, 0.717) is 19.4 Å². The summed E-state index contributed by atoms with van der Waals surface area (Å²) in [6, 6.07) is 2.18. The largest absolute Gasteiger partial charge is 0.396 e. The Labute approximate surface area is 256 Å². The first-order valence-corrected chi connectivity index (χ1v) is 16.2. The lowest BCUT2D eigenvalue weighted by Gasteiger charge is -1.96. The summed E-state index contributed by atoms with van der Waals surface area (Å²) in [6.45, 7) is 6.11. The van der Waals surface area contributed by atoms with E-state index in [0.717, 1.165) is 80.3 Å². The molecule has 0 aromatic carbocycles. The Morgan fingerprint density at radius 1 is 0.732 bits per heavy atom. The minimum absolute atomic E-state index is 0.00664. The molecule has 3 aliphatic carbocycles. The number of hydrogen-bond donors (Lipinski definition) is 1. The molecule has 6 nitrogen and oxygen atoms in total. The average molecular weight is 622 g/mol. The van der Waals surface area contributed by atoms with Crippen molar-refractivity contribution in [1.82, 2.24) is 0 Å². The summed E-state index contributed by atoms with van der Waals surface area (Å²) in [5, 5.41) is 17.1. The van der Waals surface area contributed by atoms with Crippen molar-refractivity contribution < 1.29 is 23.5 Å². The maximum absolute atomic E-state index is 10.1. The molecule has 0 saturated heterocycles. The highest BCUT2D eigenvalue weighted by atomic mass is 31.0. The van der Waals surface area contributed by atoms with Crippen LogP contribution in [0.4, 0.5) is 0 Å². The second-order valence-electron chi connectivity index (χ2n) is 11.1. The quantitative estimate of drug-likeness (QED) is 0.148. The molecule has 3 aliphatic rings. The van der Waals surface area contributed by atoms with Gasteiger partial charge in [-0.25, -0.2) is 0 Å². The van der Waals surface area contributed by atoms with Crippen LogP contribution in [0, 0.1) is 82.4 Å². The van der Waals surface area contributed by atoms with Crippen LogP contribution < -0.4 is 0 Å². The maximum Gasteiger partial charge on any atom is 0.120 e. The number of carbonyl (C=O) groups is 1. The second-order valence-corrected chi connectivity index (χ2v) is 11.9. The van der Waals surface area contributed by atoms with Crippen LogP contribution in [0.1, 0.15) is 91.4 Å². The summed E-state index contributed by atoms with van der Waals surface area (Å²) in [5.74, 6) is 22.9. The molecule has 3 saturated carbocycles. The van der Waals surface area contributed by atoms with E-state index in [1.54, 1.807) is 0 Å². The molecule has 9 heteroatoms. The summed E-state index contributed by atoms with van der Waals surface area (Å²) in [6.07, 6.45) is 12.1. The molecule has 3 rings (SSSR count). The third kappa shape index (κ3) is 19.7. The Morgan fingerprint density at radius 3 is 1.46 bits per heavy atom. The van der Waals surface area contributed by atoms with E-state index in [1.165, 1.54) is 19.3 Å². The van der Waals surface area contributed by atoms with Crippen LogP contribution in [-0.2, 0) is 18.4 Å². The fourth-order valence-electron chi connectivity index (χ4n) is 4.54. The standard InChI is InChI=1S/C11H16NOP.C11H17O2P.C10H17O2P/c2*1-9(13-14)4-2-5-10-8-11(10)6-3-7-12;1-8(12-13)3-2-4-9-7-10(9)5-6-11/h9-11H,3,5-6,8,14H2,1H3;7,9-11H,3,5-6,8,14H2,1H3;8-11H,4-7,13H2,1H3/t2*9?,10-,11-;8?,9-,10-/m000/s1. The number of nitriles is 1. The van der Waals surface area contributed by atoms with E-state index >= 15 is 0 Å². The van der Waals surface area contributed by atoms with Gasteiger partial charge in [0.15, 0.2) is 0 Å². The number of aliphatic hydroxyl groups excluding tert-OH is 1. The van der Waals surface area contributed by atoms with E-state index < -0.39 is 0 Å². The van der Waals surface area contributed by atoms with Crippen LogP contribution in [0.5, 0.6) is 0 Å². The normalized spacial score (nSPS) is 26.5. The lowest BCUT2D eigenvalue weighted by molar-refractivity contribution is -0.108. The van der Waals surface area contributed by atoms with Crippen LogP contribution in [-0.4, -0.2) is 36.3 Å². The van der Waals surface area contributed by atoms with Crippen molar-refractivity contribution in [2.75, 3.05) is 6.61 Å². The van der Waals surface area contributed by atoms with Crippen molar-refractivity contribution in [3.05, 3.63) is 0 Å². The minimum Gasteiger partial charge on any atom is -0.396 e. The molecular formula is C32H50NO5P3. The highest BCUT2D eigenvalue weighted by Crippen LogP contribution is 2.45. The van der Waals surface area contributed by atoms with Gasteiger partial charge in [0.05, 0.1) is 6.07 Å². The van der Waals surface area contributed by atoms with Gasteiger partial charge in [-0.05, 0) is 94.8 Å². The molecule has 6 unspecified atom stereocenters. The lowest BCUT2D eigenvalue weighted by atomic mass is 10.1. The van der Waals surface area contributed by atoms with E-state index in [1.807, 2.05) is 20.8 Å². The zero-order valence-electron chi connectivity index (χ0n) is 25.0. The molecule has 0 aromatic heterocycles. The van der Waals surface area contributed by atoms with Crippen molar-refractivity contribution >= 4 is 34.7 Å². The maximum atomic E-state index is 10.1. The molecule has 0 aliphatic heterocycles. The van der Waals surface area contributed by atoms with Gasteiger partial charge < -0.3 is 23.5 Å². The molecule has 0 radical (unpaired) electrons. The number of carbonyl (C=O) groups excluding carboxylic acids is 1. The molecule has 3 fully saturated rings. The first-order valence-electron chi connectivity index (χ1n) is 14.8. The second kappa shape index (κ2) is 23.4. The third-order valence-corrected chi connectivity index (χ3v) is 8.84. The van der Waals surface area contributed by atoms with E-state index in [-0.39, 0.29) is 18.3 Å². The molecular weight excluding hydrogens is 571 g/mol. The van der Waals surface area contributed by atoms with Crippen LogP contribution in [0.2, 0.25) is 0 Å². The number of aliphatic hydroxyl groups is 1. The molecule has 0 amide bonds. The monoisotopic (exact) mass is 621 g/mol. The molecule has 12 atom stereocenters. The molecule has 0 bridgehead atoms. The van der Waals surface area contributed by atoms with Crippen LogP contribution in [0.25, 0.3) is 0 Å². The van der Waals surface area contributed by atoms with Gasteiger partial charge in [0.2, 0.25) is 0 Å². The fraction of sp³-hybridized carbons (Fsp3) is 0.750. The van der Waals surface area contributed by atoms with E-state index in [4.69, 9.17) is 23.9 Å². The number of hydrogen-bond acceptors (Lipinski definition) is 6. The molecule has 0 spiro atoms. The first kappa shape index (κ1) is 38.0. The lowest BCUT2D eigenvalue weighted by Crippen LogP contribution is -1.95. The highest BCUT2D eigenvalue weighted by molar-refractivity contribution is 7.10. The molecule has 1 N–H and O–H groups in total. The fourth-order valence-corrected chi connectivity index (χ4v) is 4.75. The molecule has 0 aromatic rings. The Balaban J connectivity index is 0.000000308. The summed E-state index contributed by atoms with van der Waals surface area (Å²) < 4.78 is 14.8. The van der Waals surface area contributed by atoms with Gasteiger partial charge in [0, 0.05) is 67.1 Å². The number of nitrogens with zero attached hydrogens (tertiary/aromatic N) is 1. The zero-order valence-corrected chi connectivity index (χ0v) is 28.5. The predicted octanol–water partition coefficient (Wildman–Crippen LogP) is 6.30. The van der Waals surface area contributed by atoms with Crippen LogP contribution in [0.3, 0.4) is 0 Å². The van der Waals surface area contributed by atoms with Gasteiger partial charge in [0.1, 0.15) is 24.6 Å². The van der Waals surface area contributed by atoms with Gasteiger partial charge in [0.25, 0.3) is 0 Å². The predicted molar refractivity (Wildman–Crippen MR) is 175 cm³/mol. The average Bonchev–Trinajstić information content (AvgIpc) is 3.90. The van der Waals surface area contributed by atoms with Gasteiger partial charge in [-0.2, -0.15) is 5.26 Å². The van der Waals surface area contributed by atoms with E-state index in [9.17, 15) is 4.79 Å². The Bertz CT molecular complexity index is 970. The van der Waals surface area contributed by atoms with Gasteiger partial charge in [-0.1, -0.05) is 17.8 Å².